The number of aromatic nitrogens is 4. The zero-order chi connectivity index (χ0) is 18.1. The molecule has 0 saturated carbocycles. The van der Waals surface area contributed by atoms with E-state index < -0.39 is 0 Å². The SMILES string of the molecule is Cc1nc(SCC(=O)c2cc(C)n(-c3ccc(C)c(C)c3)c2C)n[nH]1. The molecule has 0 saturated heterocycles. The fourth-order valence-corrected chi connectivity index (χ4v) is 3.63. The molecule has 3 rings (SSSR count). The molecule has 2 heterocycles. The van der Waals surface area contributed by atoms with E-state index in [1.54, 1.807) is 0 Å². The van der Waals surface area contributed by atoms with Crippen molar-refractivity contribution in [3.8, 4) is 5.69 Å². The second-order valence-corrected chi connectivity index (χ2v) is 7.25. The topological polar surface area (TPSA) is 63.6 Å². The van der Waals surface area contributed by atoms with Crippen LogP contribution in [0.3, 0.4) is 0 Å². The van der Waals surface area contributed by atoms with Gasteiger partial charge in [0.1, 0.15) is 5.82 Å². The van der Waals surface area contributed by atoms with E-state index in [0.29, 0.717) is 10.9 Å². The van der Waals surface area contributed by atoms with Crippen LogP contribution in [0.5, 0.6) is 0 Å². The van der Waals surface area contributed by atoms with Crippen molar-refractivity contribution in [2.24, 2.45) is 0 Å². The van der Waals surface area contributed by atoms with Gasteiger partial charge in [-0.05, 0) is 63.9 Å². The number of rotatable bonds is 5. The molecule has 0 spiro atoms. The van der Waals surface area contributed by atoms with Crippen LogP contribution in [0.25, 0.3) is 5.69 Å². The highest BCUT2D eigenvalue weighted by molar-refractivity contribution is 7.99. The summed E-state index contributed by atoms with van der Waals surface area (Å²) < 4.78 is 2.14. The summed E-state index contributed by atoms with van der Waals surface area (Å²) in [6.45, 7) is 10.1. The van der Waals surface area contributed by atoms with E-state index in [2.05, 4.69) is 51.8 Å². The van der Waals surface area contributed by atoms with Crippen molar-refractivity contribution in [3.63, 3.8) is 0 Å². The normalized spacial score (nSPS) is 11.1. The van der Waals surface area contributed by atoms with E-state index in [4.69, 9.17) is 0 Å². The van der Waals surface area contributed by atoms with Gasteiger partial charge in [0.25, 0.3) is 0 Å². The van der Waals surface area contributed by atoms with Crippen LogP contribution in [0.1, 0.15) is 38.7 Å². The number of H-pyrrole nitrogens is 1. The molecule has 0 aliphatic carbocycles. The van der Waals surface area contributed by atoms with Crippen LogP contribution < -0.4 is 0 Å². The number of thioether (sulfide) groups is 1. The van der Waals surface area contributed by atoms with Gasteiger partial charge in [-0.1, -0.05) is 17.8 Å². The summed E-state index contributed by atoms with van der Waals surface area (Å²) in [4.78, 5) is 16.9. The zero-order valence-electron chi connectivity index (χ0n) is 15.2. The smallest absolute Gasteiger partial charge is 0.208 e. The van der Waals surface area contributed by atoms with Crippen LogP contribution in [0.15, 0.2) is 29.4 Å². The molecule has 6 heteroatoms. The number of ketones is 1. The standard InChI is InChI=1S/C19H22N4OS/c1-11-6-7-16(8-12(11)2)23-13(3)9-17(14(23)4)18(24)10-25-19-20-15(5)21-22-19/h6-9H,10H2,1-5H3,(H,20,21,22). The summed E-state index contributed by atoms with van der Waals surface area (Å²) in [6.07, 6.45) is 0. The quantitative estimate of drug-likeness (QED) is 0.553. The monoisotopic (exact) mass is 354 g/mol. The third-order valence-corrected chi connectivity index (χ3v) is 5.24. The Morgan fingerprint density at radius 1 is 1.12 bits per heavy atom. The van der Waals surface area contributed by atoms with E-state index >= 15 is 0 Å². The van der Waals surface area contributed by atoms with Crippen LogP contribution in [0, 0.1) is 34.6 Å². The number of nitrogens with one attached hydrogen (secondary N) is 1. The lowest BCUT2D eigenvalue weighted by Crippen LogP contribution is -2.06. The average molecular weight is 354 g/mol. The molecule has 5 nitrogen and oxygen atoms in total. The maximum atomic E-state index is 12.7. The van der Waals surface area contributed by atoms with Gasteiger partial charge in [-0.3, -0.25) is 9.89 Å². The molecule has 0 atom stereocenters. The Labute approximate surface area is 151 Å². The van der Waals surface area contributed by atoms with Crippen molar-refractivity contribution in [1.82, 2.24) is 19.7 Å². The summed E-state index contributed by atoms with van der Waals surface area (Å²) in [5.74, 6) is 1.17. The summed E-state index contributed by atoms with van der Waals surface area (Å²) >= 11 is 1.36. The Morgan fingerprint density at radius 2 is 1.88 bits per heavy atom. The number of aromatic amines is 1. The third-order valence-electron chi connectivity index (χ3n) is 4.39. The number of carbonyl (C=O) groups excluding carboxylic acids is 1. The molecule has 0 amide bonds. The van der Waals surface area contributed by atoms with Gasteiger partial charge in [-0.2, -0.15) is 0 Å². The molecule has 0 fully saturated rings. The Morgan fingerprint density at radius 3 is 2.52 bits per heavy atom. The van der Waals surface area contributed by atoms with Gasteiger partial charge in [0, 0.05) is 22.6 Å². The van der Waals surface area contributed by atoms with Gasteiger partial charge in [-0.25, -0.2) is 4.98 Å². The lowest BCUT2D eigenvalue weighted by Gasteiger charge is -2.12. The number of aryl methyl sites for hydroxylation is 4. The van der Waals surface area contributed by atoms with Crippen molar-refractivity contribution < 1.29 is 4.79 Å². The Kier molecular flexibility index (Phi) is 4.81. The fraction of sp³-hybridized carbons (Fsp3) is 0.316. The highest BCUT2D eigenvalue weighted by Crippen LogP contribution is 2.24. The van der Waals surface area contributed by atoms with Gasteiger partial charge in [0.05, 0.1) is 5.75 Å². The van der Waals surface area contributed by atoms with Crippen molar-refractivity contribution in [2.45, 2.75) is 39.8 Å². The maximum Gasteiger partial charge on any atom is 0.208 e. The first-order chi connectivity index (χ1) is 11.9. The molecule has 2 aromatic heterocycles. The summed E-state index contributed by atoms with van der Waals surface area (Å²) in [7, 11) is 0. The molecule has 0 unspecified atom stereocenters. The molecule has 1 aromatic carbocycles. The number of hydrogen-bond acceptors (Lipinski definition) is 4. The third kappa shape index (κ3) is 3.54. The molecular weight excluding hydrogens is 332 g/mol. The van der Waals surface area contributed by atoms with Crippen LogP contribution in [-0.4, -0.2) is 31.3 Å². The zero-order valence-corrected chi connectivity index (χ0v) is 16.0. The molecule has 130 valence electrons. The maximum absolute atomic E-state index is 12.7. The summed E-state index contributed by atoms with van der Waals surface area (Å²) in [6, 6.07) is 8.35. The largest absolute Gasteiger partial charge is 0.318 e. The number of hydrogen-bond donors (Lipinski definition) is 1. The Hall–Kier alpha value is -2.34. The minimum absolute atomic E-state index is 0.0932. The lowest BCUT2D eigenvalue weighted by atomic mass is 10.1. The van der Waals surface area contributed by atoms with E-state index in [-0.39, 0.29) is 5.78 Å². The van der Waals surface area contributed by atoms with Gasteiger partial charge in [-0.15, -0.1) is 5.10 Å². The lowest BCUT2D eigenvalue weighted by molar-refractivity contribution is 0.102. The first-order valence-electron chi connectivity index (χ1n) is 8.18. The molecule has 25 heavy (non-hydrogen) atoms. The van der Waals surface area contributed by atoms with Crippen molar-refractivity contribution in [2.75, 3.05) is 5.75 Å². The second kappa shape index (κ2) is 6.88. The highest BCUT2D eigenvalue weighted by Gasteiger charge is 2.17. The van der Waals surface area contributed by atoms with E-state index in [1.165, 1.54) is 22.9 Å². The summed E-state index contributed by atoms with van der Waals surface area (Å²) in [5, 5.41) is 7.46. The van der Waals surface area contributed by atoms with Crippen molar-refractivity contribution >= 4 is 17.5 Å². The first-order valence-corrected chi connectivity index (χ1v) is 9.17. The van der Waals surface area contributed by atoms with Crippen molar-refractivity contribution in [3.05, 3.63) is 58.2 Å². The Balaban J connectivity index is 1.85. The second-order valence-electron chi connectivity index (χ2n) is 6.30. The minimum Gasteiger partial charge on any atom is -0.318 e. The fourth-order valence-electron chi connectivity index (χ4n) is 2.90. The molecule has 1 N–H and O–H groups in total. The van der Waals surface area contributed by atoms with Crippen LogP contribution >= 0.6 is 11.8 Å². The van der Waals surface area contributed by atoms with E-state index in [0.717, 1.165) is 28.5 Å². The van der Waals surface area contributed by atoms with Crippen molar-refractivity contribution in [1.29, 1.82) is 0 Å². The minimum atomic E-state index is 0.0932. The molecule has 0 radical (unpaired) electrons. The van der Waals surface area contributed by atoms with Crippen LogP contribution in [0.4, 0.5) is 0 Å². The van der Waals surface area contributed by atoms with E-state index in [9.17, 15) is 4.79 Å². The van der Waals surface area contributed by atoms with Crippen LogP contribution in [0.2, 0.25) is 0 Å². The predicted octanol–water partition coefficient (Wildman–Crippen LogP) is 4.11. The number of Topliss-reactive ketones (excluding diaryl/α,β-unsaturated/α-hetero) is 1. The molecule has 0 aliphatic rings. The number of nitrogens with zero attached hydrogens (tertiary/aromatic N) is 3. The number of carbonyl (C=O) groups is 1. The molecule has 3 aromatic rings. The van der Waals surface area contributed by atoms with Gasteiger partial charge >= 0.3 is 0 Å². The van der Waals surface area contributed by atoms with Crippen LogP contribution in [-0.2, 0) is 0 Å². The molecule has 0 bridgehead atoms. The Bertz CT molecular complexity index is 939. The van der Waals surface area contributed by atoms with E-state index in [1.807, 2.05) is 26.8 Å². The predicted molar refractivity (Wildman–Crippen MR) is 101 cm³/mol. The average Bonchev–Trinajstić information content (AvgIpc) is 3.11. The molecular formula is C19H22N4OS. The van der Waals surface area contributed by atoms with Gasteiger partial charge in [0.15, 0.2) is 5.78 Å². The first kappa shape index (κ1) is 17.5. The molecule has 0 aliphatic heterocycles. The van der Waals surface area contributed by atoms with Gasteiger partial charge in [0.2, 0.25) is 5.16 Å². The highest BCUT2D eigenvalue weighted by atomic mass is 32.2. The van der Waals surface area contributed by atoms with Gasteiger partial charge < -0.3 is 4.57 Å². The number of benzene rings is 1. The summed E-state index contributed by atoms with van der Waals surface area (Å²) in [5.41, 5.74) is 6.39.